The Morgan fingerprint density at radius 1 is 1.30 bits per heavy atom. The van der Waals surface area contributed by atoms with E-state index < -0.39 is 5.95 Å². The van der Waals surface area contributed by atoms with Gasteiger partial charge in [0.1, 0.15) is 15.9 Å². The molecule has 0 fully saturated rings. The van der Waals surface area contributed by atoms with Gasteiger partial charge in [0.15, 0.2) is 0 Å². The van der Waals surface area contributed by atoms with E-state index in [1.165, 1.54) is 10.9 Å². The number of nitrogens with zero attached hydrogens (tertiary/aromatic N) is 3. The number of halogens is 2. The van der Waals surface area contributed by atoms with Gasteiger partial charge in [-0.05, 0) is 40.5 Å². The van der Waals surface area contributed by atoms with Gasteiger partial charge in [-0.15, -0.1) is 0 Å². The van der Waals surface area contributed by atoms with Gasteiger partial charge < -0.3 is 4.74 Å². The number of fused-ring (bicyclic) bond motifs is 1. The summed E-state index contributed by atoms with van der Waals surface area (Å²) in [4.78, 5) is 20.5. The minimum atomic E-state index is -0.724. The van der Waals surface area contributed by atoms with E-state index in [0.717, 1.165) is 17.4 Å². The lowest BCUT2D eigenvalue weighted by Crippen LogP contribution is -2.24. The van der Waals surface area contributed by atoms with Crippen LogP contribution < -0.4 is 10.3 Å². The fourth-order valence-corrected chi connectivity index (χ4v) is 2.88. The maximum atomic E-state index is 13.5. The van der Waals surface area contributed by atoms with Crippen LogP contribution in [0.2, 0.25) is 0 Å². The van der Waals surface area contributed by atoms with Crippen molar-refractivity contribution >= 4 is 26.8 Å². The zero-order valence-electron chi connectivity index (χ0n) is 12.5. The van der Waals surface area contributed by atoms with Gasteiger partial charge in [-0.1, -0.05) is 12.1 Å². The summed E-state index contributed by atoms with van der Waals surface area (Å²) in [5, 5.41) is 0.187. The summed E-state index contributed by atoms with van der Waals surface area (Å²) < 4.78 is 20.3. The van der Waals surface area contributed by atoms with Crippen molar-refractivity contribution in [3.63, 3.8) is 0 Å². The van der Waals surface area contributed by atoms with Gasteiger partial charge in [-0.25, -0.2) is 9.97 Å². The first-order valence-electron chi connectivity index (χ1n) is 6.88. The van der Waals surface area contributed by atoms with Crippen molar-refractivity contribution in [2.45, 2.75) is 13.0 Å². The SMILES string of the molecule is COc1ccc([C@@H](C)n2cnc3c(Br)nc(F)cc3c2=O)cc1. The molecule has 0 amide bonds. The smallest absolute Gasteiger partial charge is 0.262 e. The molecule has 118 valence electrons. The van der Waals surface area contributed by atoms with Gasteiger partial charge in [0.05, 0.1) is 24.9 Å². The summed E-state index contributed by atoms with van der Waals surface area (Å²) in [6.07, 6.45) is 1.45. The standard InChI is InChI=1S/C16H13BrFN3O2/c1-9(10-3-5-11(23-2)6-4-10)21-8-19-14-12(16(21)22)7-13(18)20-15(14)17/h3-9H,1-2H3/t9-/m1/s1. The molecule has 1 aromatic carbocycles. The van der Waals surface area contributed by atoms with E-state index in [4.69, 9.17) is 4.74 Å². The summed E-state index contributed by atoms with van der Waals surface area (Å²) in [6.45, 7) is 1.88. The quantitative estimate of drug-likeness (QED) is 0.657. The summed E-state index contributed by atoms with van der Waals surface area (Å²) in [7, 11) is 1.59. The number of hydrogen-bond acceptors (Lipinski definition) is 4. The van der Waals surface area contributed by atoms with Gasteiger partial charge in [-0.2, -0.15) is 4.39 Å². The van der Waals surface area contributed by atoms with Crippen molar-refractivity contribution in [2.75, 3.05) is 7.11 Å². The van der Waals surface area contributed by atoms with Crippen molar-refractivity contribution in [1.82, 2.24) is 14.5 Å². The molecule has 0 saturated heterocycles. The van der Waals surface area contributed by atoms with Crippen molar-refractivity contribution in [2.24, 2.45) is 0 Å². The normalized spacial score (nSPS) is 12.3. The lowest BCUT2D eigenvalue weighted by Gasteiger charge is -2.16. The fraction of sp³-hybridized carbons (Fsp3) is 0.188. The zero-order valence-corrected chi connectivity index (χ0v) is 14.0. The second-order valence-corrected chi connectivity index (χ2v) is 5.79. The number of ether oxygens (including phenoxy) is 1. The number of benzene rings is 1. The molecule has 23 heavy (non-hydrogen) atoms. The molecule has 0 N–H and O–H groups in total. The van der Waals surface area contributed by atoms with E-state index in [1.807, 2.05) is 31.2 Å². The molecule has 0 unspecified atom stereocenters. The third kappa shape index (κ3) is 2.84. The first-order valence-corrected chi connectivity index (χ1v) is 7.67. The molecule has 3 rings (SSSR count). The lowest BCUT2D eigenvalue weighted by molar-refractivity contribution is 0.414. The molecule has 2 heterocycles. The Balaban J connectivity index is 2.12. The van der Waals surface area contributed by atoms with Gasteiger partial charge >= 0.3 is 0 Å². The predicted molar refractivity (Wildman–Crippen MR) is 88.3 cm³/mol. The molecule has 0 aliphatic rings. The largest absolute Gasteiger partial charge is 0.497 e. The molecule has 7 heteroatoms. The average molecular weight is 378 g/mol. The predicted octanol–water partition coefficient (Wildman–Crippen LogP) is 3.31. The van der Waals surface area contributed by atoms with Crippen LogP contribution in [0.1, 0.15) is 18.5 Å². The fourth-order valence-electron chi connectivity index (χ4n) is 2.39. The number of aromatic nitrogens is 3. The molecule has 0 bridgehead atoms. The third-order valence-electron chi connectivity index (χ3n) is 3.71. The zero-order chi connectivity index (χ0) is 16.6. The van der Waals surface area contributed by atoms with E-state index in [9.17, 15) is 9.18 Å². The number of hydrogen-bond donors (Lipinski definition) is 0. The molecular weight excluding hydrogens is 365 g/mol. The van der Waals surface area contributed by atoms with Crippen LogP contribution in [0.5, 0.6) is 5.75 Å². The molecule has 0 saturated carbocycles. The highest BCUT2D eigenvalue weighted by molar-refractivity contribution is 9.10. The van der Waals surface area contributed by atoms with Gasteiger partial charge in [0.25, 0.3) is 5.56 Å². The summed E-state index contributed by atoms with van der Waals surface area (Å²) in [5.74, 6) is 0.0140. The molecule has 0 aliphatic carbocycles. The lowest BCUT2D eigenvalue weighted by atomic mass is 10.1. The number of pyridine rings is 1. The van der Waals surface area contributed by atoms with Crippen molar-refractivity contribution in [1.29, 1.82) is 0 Å². The molecule has 1 atom stereocenters. The van der Waals surface area contributed by atoms with E-state index in [2.05, 4.69) is 25.9 Å². The van der Waals surface area contributed by atoms with Gasteiger partial charge in [0, 0.05) is 6.07 Å². The minimum absolute atomic E-state index is 0.187. The van der Waals surface area contributed by atoms with Crippen LogP contribution in [0.15, 0.2) is 46.1 Å². The molecule has 3 aromatic rings. The van der Waals surface area contributed by atoms with E-state index in [1.54, 1.807) is 7.11 Å². The molecule has 5 nitrogen and oxygen atoms in total. The van der Waals surface area contributed by atoms with Crippen molar-refractivity contribution < 1.29 is 9.13 Å². The van der Waals surface area contributed by atoms with Crippen molar-refractivity contribution in [3.8, 4) is 5.75 Å². The highest BCUT2D eigenvalue weighted by Gasteiger charge is 2.15. The third-order valence-corrected chi connectivity index (χ3v) is 4.26. The molecule has 0 spiro atoms. The summed E-state index contributed by atoms with van der Waals surface area (Å²) >= 11 is 3.13. The molecule has 2 aromatic heterocycles. The maximum Gasteiger partial charge on any atom is 0.262 e. The second-order valence-electron chi connectivity index (χ2n) is 5.04. The summed E-state index contributed by atoms with van der Waals surface area (Å²) in [5.41, 5.74) is 0.942. The van der Waals surface area contributed by atoms with Crippen LogP contribution in [-0.4, -0.2) is 21.6 Å². The van der Waals surface area contributed by atoms with Gasteiger partial charge in [-0.3, -0.25) is 9.36 Å². The van der Waals surface area contributed by atoms with Crippen molar-refractivity contribution in [3.05, 3.63) is 63.1 Å². The topological polar surface area (TPSA) is 57.0 Å². The maximum absolute atomic E-state index is 13.5. The Bertz CT molecular complexity index is 925. The number of methoxy groups -OCH3 is 1. The van der Waals surface area contributed by atoms with E-state index in [0.29, 0.717) is 5.52 Å². The highest BCUT2D eigenvalue weighted by atomic mass is 79.9. The first kappa shape index (κ1) is 15.6. The van der Waals surface area contributed by atoms with Crippen LogP contribution in [0.4, 0.5) is 4.39 Å². The Morgan fingerprint density at radius 2 is 2.00 bits per heavy atom. The molecular formula is C16H13BrFN3O2. The van der Waals surface area contributed by atoms with Crippen LogP contribution in [-0.2, 0) is 0 Å². The van der Waals surface area contributed by atoms with Crippen LogP contribution in [0.3, 0.4) is 0 Å². The minimum Gasteiger partial charge on any atom is -0.497 e. The molecule has 0 radical (unpaired) electrons. The highest BCUT2D eigenvalue weighted by Crippen LogP contribution is 2.22. The Kier molecular flexibility index (Phi) is 4.12. The van der Waals surface area contributed by atoms with E-state index >= 15 is 0 Å². The average Bonchev–Trinajstić information content (AvgIpc) is 2.55. The Hall–Kier alpha value is -2.28. The monoisotopic (exact) mass is 377 g/mol. The van der Waals surface area contributed by atoms with Crippen LogP contribution >= 0.6 is 15.9 Å². The summed E-state index contributed by atoms with van der Waals surface area (Å²) in [6, 6.07) is 8.26. The molecule has 0 aliphatic heterocycles. The van der Waals surface area contributed by atoms with E-state index in [-0.39, 0.29) is 21.6 Å². The first-order chi connectivity index (χ1) is 11.0. The van der Waals surface area contributed by atoms with Gasteiger partial charge in [0.2, 0.25) is 5.95 Å². The second kappa shape index (κ2) is 6.08. The van der Waals surface area contributed by atoms with Crippen LogP contribution in [0, 0.1) is 5.95 Å². The van der Waals surface area contributed by atoms with Crippen LogP contribution in [0.25, 0.3) is 10.9 Å². The number of rotatable bonds is 3. The Morgan fingerprint density at radius 3 is 2.65 bits per heavy atom. The Labute approximate surface area is 139 Å².